The van der Waals surface area contributed by atoms with Crippen LogP contribution in [0, 0.1) is 0 Å². The van der Waals surface area contributed by atoms with Crippen LogP contribution in [0.5, 0.6) is 5.75 Å². The second-order valence-corrected chi connectivity index (χ2v) is 7.67. The number of benzene rings is 2. The monoisotopic (exact) mass is 410 g/mol. The van der Waals surface area contributed by atoms with Gasteiger partial charge in [-0.2, -0.15) is 13.2 Å². The molecular weight excluding hydrogens is 393 g/mol. The minimum absolute atomic E-state index is 0.0778. The molecule has 1 atom stereocenters. The lowest BCUT2D eigenvalue weighted by atomic mass is 10.1. The van der Waals surface area contributed by atoms with Crippen LogP contribution < -0.4 is 5.32 Å². The Kier molecular flexibility index (Phi) is 5.55. The van der Waals surface area contributed by atoms with Crippen LogP contribution in [0.1, 0.15) is 17.5 Å². The lowest BCUT2D eigenvalue weighted by Crippen LogP contribution is -2.35. The maximum absolute atomic E-state index is 12.8. The molecule has 148 valence electrons. The number of amides is 2. The van der Waals surface area contributed by atoms with Crippen molar-refractivity contribution >= 4 is 29.3 Å². The van der Waals surface area contributed by atoms with E-state index in [4.69, 9.17) is 0 Å². The molecule has 1 aliphatic heterocycles. The van der Waals surface area contributed by atoms with Gasteiger partial charge in [0.05, 0.1) is 16.5 Å². The van der Waals surface area contributed by atoms with Gasteiger partial charge in [-0.25, -0.2) is 0 Å². The highest BCUT2D eigenvalue weighted by Gasteiger charge is 2.34. The van der Waals surface area contributed by atoms with Crippen molar-refractivity contribution in [1.29, 1.82) is 0 Å². The van der Waals surface area contributed by atoms with E-state index in [0.29, 0.717) is 11.4 Å². The molecule has 0 unspecified atom stereocenters. The molecule has 9 heteroatoms. The molecule has 5 nitrogen and oxygen atoms in total. The molecule has 0 spiro atoms. The summed E-state index contributed by atoms with van der Waals surface area (Å²) >= 11 is 1.08. The zero-order chi connectivity index (χ0) is 20.5. The van der Waals surface area contributed by atoms with Gasteiger partial charge in [-0.1, -0.05) is 12.1 Å². The highest BCUT2D eigenvalue weighted by Crippen LogP contribution is 2.40. The van der Waals surface area contributed by atoms with Gasteiger partial charge in [-0.15, -0.1) is 11.8 Å². The molecule has 0 saturated heterocycles. The molecule has 2 N–H and O–H groups in total. The van der Waals surface area contributed by atoms with E-state index in [2.05, 4.69) is 5.32 Å². The van der Waals surface area contributed by atoms with E-state index in [0.717, 1.165) is 29.5 Å². The van der Waals surface area contributed by atoms with Crippen LogP contribution in [0.25, 0.3) is 0 Å². The molecular formula is C19H17F3N2O3S. The zero-order valence-corrected chi connectivity index (χ0v) is 15.6. The molecule has 28 heavy (non-hydrogen) atoms. The second-order valence-electron chi connectivity index (χ2n) is 6.42. The van der Waals surface area contributed by atoms with Crippen LogP contribution >= 0.6 is 11.8 Å². The number of carbonyl (C=O) groups excluding carboxylic acids is 2. The minimum atomic E-state index is -4.49. The molecule has 2 amide bonds. The number of phenolic OH excluding ortho intramolecular Hbond substituents is 1. The number of thioether (sulfide) groups is 1. The zero-order valence-electron chi connectivity index (χ0n) is 14.8. The molecule has 1 heterocycles. The van der Waals surface area contributed by atoms with Crippen LogP contribution in [-0.2, 0) is 22.3 Å². The van der Waals surface area contributed by atoms with Gasteiger partial charge in [0.2, 0.25) is 11.8 Å². The van der Waals surface area contributed by atoms with Crippen molar-refractivity contribution in [2.75, 3.05) is 12.4 Å². The van der Waals surface area contributed by atoms with Crippen LogP contribution in [0.15, 0.2) is 47.4 Å². The fraction of sp³-hybridized carbons (Fsp3) is 0.263. The molecule has 0 radical (unpaired) electrons. The number of nitrogens with zero attached hydrogens (tertiary/aromatic N) is 1. The summed E-state index contributed by atoms with van der Waals surface area (Å²) in [5.41, 5.74) is 0.0840. The SMILES string of the molecule is CN(Cc1ccc(O)cc1)C(=O)C[C@H]1Sc2ccc(C(F)(F)F)cc2NC1=O. The van der Waals surface area contributed by atoms with Gasteiger partial charge in [0.1, 0.15) is 5.75 Å². The first-order valence-electron chi connectivity index (χ1n) is 8.34. The number of fused-ring (bicyclic) bond motifs is 1. The van der Waals surface area contributed by atoms with Crippen molar-refractivity contribution in [2.45, 2.75) is 29.3 Å². The van der Waals surface area contributed by atoms with Gasteiger partial charge in [0.25, 0.3) is 0 Å². The molecule has 0 saturated carbocycles. The number of aromatic hydroxyl groups is 1. The Bertz CT molecular complexity index is 900. The number of hydrogen-bond acceptors (Lipinski definition) is 4. The van der Waals surface area contributed by atoms with Crippen molar-refractivity contribution in [1.82, 2.24) is 4.90 Å². The standard InChI is InChI=1S/C19H17F3N2O3S/c1-24(10-11-2-5-13(25)6-3-11)17(26)9-16-18(27)23-14-8-12(19(20,21)22)4-7-15(14)28-16/h2-8,16,25H,9-10H2,1H3,(H,23,27)/t16-/m1/s1. The third-order valence-corrected chi connectivity index (χ3v) is 5.54. The number of phenols is 1. The van der Waals surface area contributed by atoms with Crippen LogP contribution in [0.2, 0.25) is 0 Å². The summed E-state index contributed by atoms with van der Waals surface area (Å²) < 4.78 is 38.4. The Morgan fingerprint density at radius 1 is 1.21 bits per heavy atom. The van der Waals surface area contributed by atoms with E-state index in [1.165, 1.54) is 23.1 Å². The number of rotatable bonds is 4. The van der Waals surface area contributed by atoms with Crippen molar-refractivity contribution in [3.63, 3.8) is 0 Å². The van der Waals surface area contributed by atoms with Gasteiger partial charge in [-0.05, 0) is 35.9 Å². The lowest BCUT2D eigenvalue weighted by Gasteiger charge is -2.26. The van der Waals surface area contributed by atoms with E-state index in [1.54, 1.807) is 19.2 Å². The van der Waals surface area contributed by atoms with E-state index in [1.807, 2.05) is 0 Å². The molecule has 0 aromatic heterocycles. The minimum Gasteiger partial charge on any atom is -0.508 e. The number of halogens is 3. The summed E-state index contributed by atoms with van der Waals surface area (Å²) in [6, 6.07) is 9.58. The largest absolute Gasteiger partial charge is 0.508 e. The van der Waals surface area contributed by atoms with E-state index in [9.17, 15) is 27.9 Å². The topological polar surface area (TPSA) is 69.6 Å². The Hall–Kier alpha value is -2.68. The average molecular weight is 410 g/mol. The molecule has 1 aliphatic rings. The smallest absolute Gasteiger partial charge is 0.416 e. The third-order valence-electron chi connectivity index (χ3n) is 4.27. The third kappa shape index (κ3) is 4.59. The van der Waals surface area contributed by atoms with Crippen molar-refractivity contribution < 1.29 is 27.9 Å². The molecule has 2 aromatic rings. The lowest BCUT2D eigenvalue weighted by molar-refractivity contribution is -0.137. The molecule has 0 aliphatic carbocycles. The van der Waals surface area contributed by atoms with Crippen molar-refractivity contribution in [3.05, 3.63) is 53.6 Å². The normalized spacial score (nSPS) is 16.3. The number of hydrogen-bond donors (Lipinski definition) is 2. The predicted molar refractivity (Wildman–Crippen MR) is 98.9 cm³/mol. The number of alkyl halides is 3. The Morgan fingerprint density at radius 3 is 2.54 bits per heavy atom. The quantitative estimate of drug-likeness (QED) is 0.803. The molecule has 3 rings (SSSR count). The van der Waals surface area contributed by atoms with Crippen molar-refractivity contribution in [2.24, 2.45) is 0 Å². The summed E-state index contributed by atoms with van der Waals surface area (Å²) in [4.78, 5) is 26.7. The van der Waals surface area contributed by atoms with Crippen molar-refractivity contribution in [3.8, 4) is 5.75 Å². The van der Waals surface area contributed by atoms with Gasteiger partial charge in [0, 0.05) is 24.9 Å². The predicted octanol–water partition coefficient (Wildman–Crippen LogP) is 3.87. The summed E-state index contributed by atoms with van der Waals surface area (Å²) in [7, 11) is 1.60. The average Bonchev–Trinajstić information content (AvgIpc) is 2.63. The highest BCUT2D eigenvalue weighted by molar-refractivity contribution is 8.01. The molecule has 0 fully saturated rings. The Balaban J connectivity index is 1.65. The van der Waals surface area contributed by atoms with E-state index < -0.39 is 22.9 Å². The Labute approximate surface area is 163 Å². The summed E-state index contributed by atoms with van der Waals surface area (Å²) in [5, 5.41) is 11.0. The van der Waals surface area contributed by atoms with E-state index in [-0.39, 0.29) is 23.8 Å². The number of anilines is 1. The first kappa shape index (κ1) is 20.1. The Morgan fingerprint density at radius 2 is 1.89 bits per heavy atom. The van der Waals surface area contributed by atoms with Crippen LogP contribution in [0.3, 0.4) is 0 Å². The molecule has 2 aromatic carbocycles. The summed E-state index contributed by atoms with van der Waals surface area (Å²) in [6.45, 7) is 0.309. The van der Waals surface area contributed by atoms with Gasteiger partial charge in [0.15, 0.2) is 0 Å². The highest BCUT2D eigenvalue weighted by atomic mass is 32.2. The van der Waals surface area contributed by atoms with Gasteiger partial charge >= 0.3 is 6.18 Å². The number of carbonyl (C=O) groups is 2. The maximum Gasteiger partial charge on any atom is 0.416 e. The molecule has 0 bridgehead atoms. The van der Waals surface area contributed by atoms with Crippen LogP contribution in [0.4, 0.5) is 18.9 Å². The maximum atomic E-state index is 12.8. The fourth-order valence-electron chi connectivity index (χ4n) is 2.74. The van der Waals surface area contributed by atoms with Gasteiger partial charge < -0.3 is 15.3 Å². The van der Waals surface area contributed by atoms with Gasteiger partial charge in [-0.3, -0.25) is 9.59 Å². The summed E-state index contributed by atoms with van der Waals surface area (Å²) in [5.74, 6) is -0.639. The summed E-state index contributed by atoms with van der Waals surface area (Å²) in [6.07, 6.45) is -4.57. The van der Waals surface area contributed by atoms with E-state index >= 15 is 0 Å². The first-order chi connectivity index (χ1) is 13.1. The number of nitrogens with one attached hydrogen (secondary N) is 1. The van der Waals surface area contributed by atoms with Crippen LogP contribution in [-0.4, -0.2) is 34.1 Å². The first-order valence-corrected chi connectivity index (χ1v) is 9.22. The second kappa shape index (κ2) is 7.75. The fourth-order valence-corrected chi connectivity index (χ4v) is 3.82.